The molecular weight excluding hydrogens is 1280 g/mol. The van der Waals surface area contributed by atoms with Crippen LogP contribution in [0.25, 0.3) is 0 Å². The fourth-order valence-electron chi connectivity index (χ4n) is 12.2. The third-order valence-corrected chi connectivity index (χ3v) is 20.4. The molecule has 17 nitrogen and oxygen atoms in total. The molecule has 0 bridgehead atoms. The van der Waals surface area contributed by atoms with Crippen molar-refractivity contribution in [1.29, 1.82) is 0 Å². The van der Waals surface area contributed by atoms with E-state index in [1.165, 1.54) is 225 Å². The van der Waals surface area contributed by atoms with Crippen LogP contribution in [0.1, 0.15) is 414 Å². The van der Waals surface area contributed by atoms with Gasteiger partial charge >= 0.3 is 39.5 Å². The average Bonchev–Trinajstić information content (AvgIpc) is 1.04. The number of phosphoric acid groups is 2. The summed E-state index contributed by atoms with van der Waals surface area (Å²) in [6.45, 7) is 9.59. The Morgan fingerprint density at radius 2 is 0.469 bits per heavy atom. The van der Waals surface area contributed by atoms with E-state index in [9.17, 15) is 43.2 Å². The Bertz CT molecular complexity index is 1890. The largest absolute Gasteiger partial charge is 0.472 e. The number of unbranched alkanes of at least 4 members (excludes halogenated alkanes) is 48. The van der Waals surface area contributed by atoms with Crippen molar-refractivity contribution in [2.24, 2.45) is 11.8 Å². The summed E-state index contributed by atoms with van der Waals surface area (Å²) in [4.78, 5) is 72.9. The molecule has 0 rings (SSSR count). The molecule has 0 fully saturated rings. The van der Waals surface area contributed by atoms with E-state index in [4.69, 9.17) is 37.0 Å². The van der Waals surface area contributed by atoms with E-state index in [1.54, 1.807) is 0 Å². The van der Waals surface area contributed by atoms with Gasteiger partial charge in [0.1, 0.15) is 19.3 Å². The number of esters is 4. The number of hydrogen-bond acceptors (Lipinski definition) is 15. The SMILES string of the molecule is CCCCCCCCCCCCCCCCCCCCC(=O)O[C@H](COC(=O)CCCCCCCCCCCCCCCCC(C)C)COP(=O)(O)OC[C@@H](O)COP(=O)(O)OC[C@@H](COC(=O)CCCCCCCCCC(C)C)OC(=O)CCCCCCCCCCCCCCC. The van der Waals surface area contributed by atoms with Gasteiger partial charge in [-0.1, -0.05) is 363 Å². The highest BCUT2D eigenvalue weighted by Crippen LogP contribution is 2.45. The topological polar surface area (TPSA) is 237 Å². The zero-order valence-electron chi connectivity index (χ0n) is 64.1. The molecule has 0 aliphatic heterocycles. The summed E-state index contributed by atoms with van der Waals surface area (Å²) in [5, 5.41) is 10.6. The molecule has 582 valence electrons. The first-order valence-electron chi connectivity index (χ1n) is 41.0. The van der Waals surface area contributed by atoms with Gasteiger partial charge in [0.05, 0.1) is 26.4 Å². The molecular formula is C79H154O17P2. The minimum Gasteiger partial charge on any atom is -0.462 e. The number of ether oxygens (including phenoxy) is 4. The first-order valence-corrected chi connectivity index (χ1v) is 44.0. The standard InChI is InChI=1S/C79H154O17P2/c1-7-9-11-13-15-17-19-21-22-23-24-25-31-35-39-45-52-58-64-79(84)95-74(67-89-76(81)61-55-49-43-37-33-30-27-26-29-32-36-41-47-53-59-71(3)4)69-93-97(85,86)91-65-73(80)66-92-98(87,88)94-70-75(68-90-77(82)62-56-50-46-40-42-48-54-60-72(5)6)96-78(83)63-57-51-44-38-34-28-20-18-16-14-12-10-8-2/h71-75,80H,7-70H2,1-6H3,(H,85,86)(H,87,88)/t73-,74-,75-/m1/s1. The molecule has 5 atom stereocenters. The van der Waals surface area contributed by atoms with Crippen LogP contribution in [0.3, 0.4) is 0 Å². The van der Waals surface area contributed by atoms with Crippen LogP contribution in [0.15, 0.2) is 0 Å². The van der Waals surface area contributed by atoms with Crippen molar-refractivity contribution < 1.29 is 80.2 Å². The molecule has 98 heavy (non-hydrogen) atoms. The minimum atomic E-state index is -4.96. The fraction of sp³-hybridized carbons (Fsp3) is 0.949. The summed E-state index contributed by atoms with van der Waals surface area (Å²) in [6.07, 6.45) is 59.7. The van der Waals surface area contributed by atoms with Gasteiger partial charge in [0.15, 0.2) is 12.2 Å². The number of aliphatic hydroxyl groups excluding tert-OH is 1. The molecule has 0 spiro atoms. The van der Waals surface area contributed by atoms with Crippen LogP contribution < -0.4 is 0 Å². The lowest BCUT2D eigenvalue weighted by molar-refractivity contribution is -0.161. The number of carbonyl (C=O) groups is 4. The molecule has 0 amide bonds. The first-order chi connectivity index (χ1) is 47.4. The van der Waals surface area contributed by atoms with Crippen LogP contribution in [-0.2, 0) is 65.4 Å². The summed E-state index contributed by atoms with van der Waals surface area (Å²) in [6, 6.07) is 0. The summed E-state index contributed by atoms with van der Waals surface area (Å²) < 4.78 is 68.6. The van der Waals surface area contributed by atoms with E-state index in [0.29, 0.717) is 31.6 Å². The van der Waals surface area contributed by atoms with Crippen molar-refractivity contribution in [1.82, 2.24) is 0 Å². The smallest absolute Gasteiger partial charge is 0.462 e. The summed E-state index contributed by atoms with van der Waals surface area (Å²) >= 11 is 0. The van der Waals surface area contributed by atoms with E-state index < -0.39 is 97.5 Å². The number of hydrogen-bond donors (Lipinski definition) is 3. The zero-order valence-corrected chi connectivity index (χ0v) is 65.9. The number of aliphatic hydroxyl groups is 1. The summed E-state index contributed by atoms with van der Waals surface area (Å²) in [5.74, 6) is -0.606. The van der Waals surface area contributed by atoms with Crippen molar-refractivity contribution in [2.75, 3.05) is 39.6 Å². The van der Waals surface area contributed by atoms with Gasteiger partial charge in [-0.05, 0) is 37.5 Å². The lowest BCUT2D eigenvalue weighted by Gasteiger charge is -2.21. The molecule has 0 aromatic carbocycles. The molecule has 0 aliphatic carbocycles. The predicted octanol–water partition coefficient (Wildman–Crippen LogP) is 23.5. The van der Waals surface area contributed by atoms with Crippen LogP contribution in [0.2, 0.25) is 0 Å². The maximum atomic E-state index is 13.1. The number of carbonyl (C=O) groups excluding carboxylic acids is 4. The van der Waals surface area contributed by atoms with Crippen LogP contribution >= 0.6 is 15.6 Å². The number of rotatable bonds is 78. The van der Waals surface area contributed by atoms with E-state index in [0.717, 1.165) is 102 Å². The fourth-order valence-corrected chi connectivity index (χ4v) is 13.8. The Hall–Kier alpha value is -1.94. The third kappa shape index (κ3) is 72.4. The molecule has 0 aromatic rings. The molecule has 0 saturated carbocycles. The van der Waals surface area contributed by atoms with Crippen LogP contribution in [0.5, 0.6) is 0 Å². The van der Waals surface area contributed by atoms with Crippen molar-refractivity contribution in [3.8, 4) is 0 Å². The molecule has 3 N–H and O–H groups in total. The molecule has 0 heterocycles. The first kappa shape index (κ1) is 96.1. The Morgan fingerprint density at radius 3 is 0.694 bits per heavy atom. The van der Waals surface area contributed by atoms with Crippen LogP contribution in [-0.4, -0.2) is 96.7 Å². The minimum absolute atomic E-state index is 0.107. The Morgan fingerprint density at radius 1 is 0.276 bits per heavy atom. The van der Waals surface area contributed by atoms with Crippen LogP contribution in [0, 0.1) is 11.8 Å². The van der Waals surface area contributed by atoms with E-state index in [1.807, 2.05) is 0 Å². The van der Waals surface area contributed by atoms with Gasteiger partial charge in [-0.15, -0.1) is 0 Å². The van der Waals surface area contributed by atoms with Crippen molar-refractivity contribution in [3.63, 3.8) is 0 Å². The van der Waals surface area contributed by atoms with Gasteiger partial charge in [0.2, 0.25) is 0 Å². The lowest BCUT2D eigenvalue weighted by atomic mass is 10.0. The highest BCUT2D eigenvalue weighted by atomic mass is 31.2. The highest BCUT2D eigenvalue weighted by molar-refractivity contribution is 7.47. The molecule has 0 aromatic heterocycles. The van der Waals surface area contributed by atoms with Gasteiger partial charge < -0.3 is 33.8 Å². The molecule has 2 unspecified atom stereocenters. The van der Waals surface area contributed by atoms with Gasteiger partial charge in [-0.2, -0.15) is 0 Å². The number of phosphoric ester groups is 2. The van der Waals surface area contributed by atoms with Gasteiger partial charge in [-0.3, -0.25) is 37.3 Å². The Labute approximate surface area is 600 Å². The van der Waals surface area contributed by atoms with E-state index >= 15 is 0 Å². The van der Waals surface area contributed by atoms with Gasteiger partial charge in [0.25, 0.3) is 0 Å². The predicted molar refractivity (Wildman–Crippen MR) is 400 cm³/mol. The monoisotopic (exact) mass is 1440 g/mol. The second kappa shape index (κ2) is 70.7. The average molecular weight is 1440 g/mol. The maximum absolute atomic E-state index is 13.1. The highest BCUT2D eigenvalue weighted by Gasteiger charge is 2.30. The summed E-state index contributed by atoms with van der Waals surface area (Å²) in [7, 11) is -9.92. The maximum Gasteiger partial charge on any atom is 0.472 e. The molecule has 0 radical (unpaired) electrons. The van der Waals surface area contributed by atoms with Crippen molar-refractivity contribution in [3.05, 3.63) is 0 Å². The zero-order chi connectivity index (χ0) is 72.1. The second-order valence-electron chi connectivity index (χ2n) is 29.4. The van der Waals surface area contributed by atoms with Gasteiger partial charge in [-0.25, -0.2) is 9.13 Å². The van der Waals surface area contributed by atoms with Crippen molar-refractivity contribution in [2.45, 2.75) is 432 Å². The van der Waals surface area contributed by atoms with Crippen LogP contribution in [0.4, 0.5) is 0 Å². The Balaban J connectivity index is 5.24. The second-order valence-corrected chi connectivity index (χ2v) is 32.3. The quantitative estimate of drug-likeness (QED) is 0.0222. The van der Waals surface area contributed by atoms with E-state index in [-0.39, 0.29) is 25.7 Å². The normalized spacial score (nSPS) is 13.9. The Kier molecular flexibility index (Phi) is 69.3. The molecule has 0 saturated heterocycles. The van der Waals surface area contributed by atoms with Crippen molar-refractivity contribution >= 4 is 39.5 Å². The lowest BCUT2D eigenvalue weighted by Crippen LogP contribution is -2.30. The summed E-state index contributed by atoms with van der Waals surface area (Å²) in [5.41, 5.74) is 0. The van der Waals surface area contributed by atoms with Gasteiger partial charge in [0, 0.05) is 25.7 Å². The molecule has 0 aliphatic rings. The van der Waals surface area contributed by atoms with E-state index in [2.05, 4.69) is 41.5 Å². The molecule has 19 heteroatoms. The third-order valence-electron chi connectivity index (χ3n) is 18.5.